The molecular weight excluding hydrogens is 406 g/mol. The second kappa shape index (κ2) is 11.4. The van der Waals surface area contributed by atoms with E-state index in [0.29, 0.717) is 41.4 Å². The number of halogens is 2. The lowest BCUT2D eigenvalue weighted by Gasteiger charge is -2.34. The van der Waals surface area contributed by atoms with Crippen molar-refractivity contribution in [2.75, 3.05) is 39.5 Å². The molecule has 2 N–H and O–H groups in total. The third kappa shape index (κ3) is 7.12. The van der Waals surface area contributed by atoms with Crippen molar-refractivity contribution in [3.8, 4) is 17.2 Å². The van der Waals surface area contributed by atoms with Crippen LogP contribution in [0.15, 0.2) is 17.1 Å². The minimum absolute atomic E-state index is 0.0513. The fourth-order valence-electron chi connectivity index (χ4n) is 4.04. The maximum atomic E-state index is 12.9. The Morgan fingerprint density at radius 1 is 1.26 bits per heavy atom. The van der Waals surface area contributed by atoms with Gasteiger partial charge in [-0.2, -0.15) is 8.78 Å². The molecule has 1 unspecified atom stereocenters. The number of likely N-dealkylation sites (tertiary alicyclic amines) is 1. The standard InChI is InChI=1S/C22H34F2N4O3/c1-4-25-22(26-10-16-6-5-7-28(13-16)12-15(2)3)27-11-17-8-19-20(30-14-29-19)9-18(17)31-21(23)24/h8-9,15-16,21H,4-7,10-14H2,1-3H3,(H2,25,26,27). The number of hydrogen-bond acceptors (Lipinski definition) is 5. The third-order valence-electron chi connectivity index (χ3n) is 5.31. The van der Waals surface area contributed by atoms with Crippen LogP contribution in [0, 0.1) is 11.8 Å². The highest BCUT2D eigenvalue weighted by Gasteiger charge is 2.22. The van der Waals surface area contributed by atoms with Crippen molar-refractivity contribution < 1.29 is 23.0 Å². The molecule has 1 aromatic carbocycles. The number of alkyl halides is 2. The van der Waals surface area contributed by atoms with Crippen LogP contribution in [0.4, 0.5) is 8.78 Å². The van der Waals surface area contributed by atoms with E-state index in [4.69, 9.17) is 9.47 Å². The molecule has 2 heterocycles. The number of rotatable bonds is 9. The lowest BCUT2D eigenvalue weighted by atomic mass is 9.97. The summed E-state index contributed by atoms with van der Waals surface area (Å²) in [7, 11) is 0. The molecule has 2 aliphatic heterocycles. The van der Waals surface area contributed by atoms with Gasteiger partial charge in [-0.1, -0.05) is 13.8 Å². The molecule has 0 aromatic heterocycles. The molecule has 31 heavy (non-hydrogen) atoms. The van der Waals surface area contributed by atoms with E-state index < -0.39 is 6.61 Å². The van der Waals surface area contributed by atoms with Crippen molar-refractivity contribution in [2.24, 2.45) is 16.8 Å². The molecule has 0 amide bonds. The van der Waals surface area contributed by atoms with E-state index in [0.717, 1.165) is 19.6 Å². The van der Waals surface area contributed by atoms with Crippen molar-refractivity contribution in [1.82, 2.24) is 15.5 Å². The average Bonchev–Trinajstić information content (AvgIpc) is 3.16. The molecule has 0 spiro atoms. The molecule has 1 fully saturated rings. The molecule has 9 heteroatoms. The first kappa shape index (κ1) is 23.4. The molecule has 1 saturated heterocycles. The van der Waals surface area contributed by atoms with Crippen LogP contribution in [0.5, 0.6) is 17.2 Å². The highest BCUT2D eigenvalue weighted by molar-refractivity contribution is 5.79. The zero-order chi connectivity index (χ0) is 22.2. The lowest BCUT2D eigenvalue weighted by molar-refractivity contribution is -0.0505. The SMILES string of the molecule is CCNC(=NCc1cc2c(cc1OC(F)F)OCO2)NCC1CCCN(CC(C)C)C1. The molecule has 1 atom stereocenters. The quantitative estimate of drug-likeness (QED) is 0.453. The summed E-state index contributed by atoms with van der Waals surface area (Å²) in [4.78, 5) is 7.12. The summed E-state index contributed by atoms with van der Waals surface area (Å²) in [6.45, 7) is 8.72. The van der Waals surface area contributed by atoms with Gasteiger partial charge in [0.2, 0.25) is 6.79 Å². The van der Waals surface area contributed by atoms with E-state index in [1.54, 1.807) is 6.07 Å². The summed E-state index contributed by atoms with van der Waals surface area (Å²) in [5.74, 6) is 2.84. The van der Waals surface area contributed by atoms with Crippen LogP contribution in [-0.2, 0) is 6.54 Å². The van der Waals surface area contributed by atoms with Crippen LogP contribution in [0.25, 0.3) is 0 Å². The predicted octanol–water partition coefficient (Wildman–Crippen LogP) is 3.44. The summed E-state index contributed by atoms with van der Waals surface area (Å²) in [6, 6.07) is 3.09. The van der Waals surface area contributed by atoms with Gasteiger partial charge in [-0.25, -0.2) is 4.99 Å². The van der Waals surface area contributed by atoms with Gasteiger partial charge in [0, 0.05) is 37.8 Å². The molecule has 0 saturated carbocycles. The van der Waals surface area contributed by atoms with Crippen LogP contribution < -0.4 is 24.8 Å². The smallest absolute Gasteiger partial charge is 0.387 e. The Morgan fingerprint density at radius 2 is 2.03 bits per heavy atom. The number of ether oxygens (including phenoxy) is 3. The number of nitrogens with zero attached hydrogens (tertiary/aromatic N) is 2. The number of piperidine rings is 1. The summed E-state index contributed by atoms with van der Waals surface area (Å²) in [5.41, 5.74) is 0.516. The zero-order valence-electron chi connectivity index (χ0n) is 18.6. The number of nitrogens with one attached hydrogen (secondary N) is 2. The molecule has 2 aliphatic rings. The van der Waals surface area contributed by atoms with Crippen molar-refractivity contribution in [1.29, 1.82) is 0 Å². The number of guanidine groups is 1. The van der Waals surface area contributed by atoms with Gasteiger partial charge in [0.15, 0.2) is 17.5 Å². The Hall–Kier alpha value is -2.29. The lowest BCUT2D eigenvalue weighted by Crippen LogP contribution is -2.45. The third-order valence-corrected chi connectivity index (χ3v) is 5.31. The second-order valence-corrected chi connectivity index (χ2v) is 8.43. The molecule has 0 aliphatic carbocycles. The summed E-state index contributed by atoms with van der Waals surface area (Å²) in [5, 5.41) is 6.64. The van der Waals surface area contributed by atoms with Gasteiger partial charge in [-0.15, -0.1) is 0 Å². The van der Waals surface area contributed by atoms with E-state index in [1.807, 2.05) is 6.92 Å². The Kier molecular flexibility index (Phi) is 8.57. The molecular formula is C22H34F2N4O3. The molecule has 7 nitrogen and oxygen atoms in total. The average molecular weight is 441 g/mol. The minimum Gasteiger partial charge on any atom is -0.454 e. The fraction of sp³-hybridized carbons (Fsp3) is 0.682. The van der Waals surface area contributed by atoms with Gasteiger partial charge in [0.25, 0.3) is 0 Å². The maximum Gasteiger partial charge on any atom is 0.387 e. The van der Waals surface area contributed by atoms with Gasteiger partial charge in [-0.3, -0.25) is 0 Å². The molecule has 174 valence electrons. The Labute approximate surface area is 183 Å². The number of aliphatic imine (C=N–C) groups is 1. The summed E-state index contributed by atoms with van der Waals surface area (Å²) in [6.07, 6.45) is 2.40. The van der Waals surface area contributed by atoms with Crippen LogP contribution in [0.3, 0.4) is 0 Å². The van der Waals surface area contributed by atoms with Gasteiger partial charge < -0.3 is 29.7 Å². The van der Waals surface area contributed by atoms with Crippen molar-refractivity contribution in [2.45, 2.75) is 46.8 Å². The van der Waals surface area contributed by atoms with Crippen LogP contribution in [-0.4, -0.2) is 57.0 Å². The number of fused-ring (bicyclic) bond motifs is 1. The van der Waals surface area contributed by atoms with E-state index in [-0.39, 0.29) is 19.1 Å². The maximum absolute atomic E-state index is 12.9. The van der Waals surface area contributed by atoms with Crippen LogP contribution in [0.2, 0.25) is 0 Å². The van der Waals surface area contributed by atoms with Crippen LogP contribution in [0.1, 0.15) is 39.2 Å². The molecule has 0 bridgehead atoms. The zero-order valence-corrected chi connectivity index (χ0v) is 18.6. The molecule has 3 rings (SSSR count). The monoisotopic (exact) mass is 440 g/mol. The largest absolute Gasteiger partial charge is 0.454 e. The Morgan fingerprint density at radius 3 is 2.74 bits per heavy atom. The first-order chi connectivity index (χ1) is 14.9. The highest BCUT2D eigenvalue weighted by Crippen LogP contribution is 2.39. The summed E-state index contributed by atoms with van der Waals surface area (Å²) < 4.78 is 41.0. The summed E-state index contributed by atoms with van der Waals surface area (Å²) >= 11 is 0. The normalized spacial score (nSPS) is 19.2. The van der Waals surface area contributed by atoms with E-state index >= 15 is 0 Å². The van der Waals surface area contributed by atoms with Crippen molar-refractivity contribution in [3.63, 3.8) is 0 Å². The fourth-order valence-corrected chi connectivity index (χ4v) is 4.04. The predicted molar refractivity (Wildman–Crippen MR) is 116 cm³/mol. The van der Waals surface area contributed by atoms with Gasteiger partial charge >= 0.3 is 6.61 Å². The van der Waals surface area contributed by atoms with Gasteiger partial charge in [0.05, 0.1) is 6.54 Å². The second-order valence-electron chi connectivity index (χ2n) is 8.43. The van der Waals surface area contributed by atoms with Crippen molar-refractivity contribution in [3.05, 3.63) is 17.7 Å². The van der Waals surface area contributed by atoms with Crippen molar-refractivity contribution >= 4 is 5.96 Å². The molecule has 1 aromatic rings. The Balaban J connectivity index is 1.63. The first-order valence-corrected chi connectivity index (χ1v) is 11.1. The Bertz CT molecular complexity index is 746. The number of hydrogen-bond donors (Lipinski definition) is 2. The topological polar surface area (TPSA) is 67.4 Å². The minimum atomic E-state index is -2.92. The first-order valence-electron chi connectivity index (χ1n) is 11.1. The van der Waals surface area contributed by atoms with Gasteiger partial charge in [0.1, 0.15) is 5.75 Å². The number of benzene rings is 1. The van der Waals surface area contributed by atoms with Gasteiger partial charge in [-0.05, 0) is 44.2 Å². The van der Waals surface area contributed by atoms with E-state index in [1.165, 1.54) is 25.5 Å². The van der Waals surface area contributed by atoms with Crippen LogP contribution >= 0.6 is 0 Å². The molecule has 0 radical (unpaired) electrons. The van der Waals surface area contributed by atoms with E-state index in [9.17, 15) is 8.78 Å². The highest BCUT2D eigenvalue weighted by atomic mass is 19.3. The van der Waals surface area contributed by atoms with E-state index in [2.05, 4.69) is 39.1 Å².